The molecule has 0 spiro atoms. The topological polar surface area (TPSA) is 80.7 Å². The van der Waals surface area contributed by atoms with E-state index >= 15 is 0 Å². The molecule has 0 aliphatic heterocycles. The molecule has 1 aromatic heterocycles. The van der Waals surface area contributed by atoms with E-state index in [4.69, 9.17) is 18.2 Å². The number of halogens is 2. The predicted molar refractivity (Wildman–Crippen MR) is 175 cm³/mol. The minimum atomic E-state index is -4.26. The number of aryl methyl sites for hydroxylation is 2. The molecule has 0 fully saturated rings. The van der Waals surface area contributed by atoms with Crippen LogP contribution in [0.3, 0.4) is 0 Å². The van der Waals surface area contributed by atoms with Gasteiger partial charge >= 0.3 is 5.97 Å². The highest BCUT2D eigenvalue weighted by Gasteiger charge is 2.30. The second kappa shape index (κ2) is 11.4. The van der Waals surface area contributed by atoms with Crippen LogP contribution in [-0.4, -0.2) is 23.5 Å². The summed E-state index contributed by atoms with van der Waals surface area (Å²) in [6.07, 6.45) is 0. The molecule has 0 unspecified atom stereocenters. The third-order valence-electron chi connectivity index (χ3n) is 7.65. The molecule has 5 aromatic carbocycles. The minimum Gasteiger partial charge on any atom is -0.478 e. The lowest BCUT2D eigenvalue weighted by Gasteiger charge is -2.16. The molecule has 6 rings (SSSR count). The predicted octanol–water partition coefficient (Wildman–Crippen LogP) is 9.54. The van der Waals surface area contributed by atoms with Gasteiger partial charge in [0.1, 0.15) is 5.82 Å². The van der Waals surface area contributed by atoms with Crippen LogP contribution in [0, 0.1) is 26.2 Å². The van der Waals surface area contributed by atoms with Gasteiger partial charge in [0.15, 0.2) is 5.69 Å². The first-order chi connectivity index (χ1) is 21.5. The molecule has 6 nitrogen and oxygen atoms in total. The van der Waals surface area contributed by atoms with Crippen LogP contribution in [0.4, 0.5) is 10.1 Å². The number of carboxylic acids is 1. The smallest absolute Gasteiger partial charge is 0.335 e. The van der Waals surface area contributed by atoms with Crippen molar-refractivity contribution in [2.45, 2.75) is 18.7 Å². The van der Waals surface area contributed by atoms with E-state index < -0.39 is 21.8 Å². The third-order valence-corrected chi connectivity index (χ3v) is 9.69. The number of hydrogen-bond donors (Lipinski definition) is 1. The molecule has 0 radical (unpaired) electrons. The van der Waals surface area contributed by atoms with Gasteiger partial charge in [-0.25, -0.2) is 26.4 Å². The standard InChI is InChI=1S/C36H24ClFN2O4S/c1-21-7-12-27(13-8-21)45(43,44)40-33-16-11-26(38)20-30(33)34(29-14-9-22(2)17-32(29)39-3)35(40)24-6-4-5-23(18-24)28-15-10-25(36(41)42)19-31(28)37/h4-20H,1-2H3,(H,41,42). The van der Waals surface area contributed by atoms with Gasteiger partial charge in [0, 0.05) is 27.1 Å². The monoisotopic (exact) mass is 634 g/mol. The van der Waals surface area contributed by atoms with Gasteiger partial charge in [-0.3, -0.25) is 0 Å². The third kappa shape index (κ3) is 5.27. The van der Waals surface area contributed by atoms with Crippen LogP contribution in [0.5, 0.6) is 0 Å². The molecule has 0 saturated carbocycles. The number of fused-ring (bicyclic) bond motifs is 1. The first-order valence-corrected chi connectivity index (χ1v) is 15.6. The van der Waals surface area contributed by atoms with E-state index in [9.17, 15) is 22.7 Å². The van der Waals surface area contributed by atoms with Gasteiger partial charge in [0.25, 0.3) is 10.0 Å². The summed E-state index contributed by atoms with van der Waals surface area (Å²) < 4.78 is 45.2. The zero-order chi connectivity index (χ0) is 32.0. The molecule has 0 saturated heterocycles. The molecule has 1 heterocycles. The fourth-order valence-corrected chi connectivity index (χ4v) is 7.33. The van der Waals surface area contributed by atoms with Crippen molar-refractivity contribution in [3.63, 3.8) is 0 Å². The van der Waals surface area contributed by atoms with Gasteiger partial charge in [-0.2, -0.15) is 0 Å². The van der Waals surface area contributed by atoms with E-state index in [1.54, 1.807) is 54.6 Å². The maximum absolute atomic E-state index is 14.9. The van der Waals surface area contributed by atoms with Crippen LogP contribution in [-0.2, 0) is 10.0 Å². The average molecular weight is 635 g/mol. The summed E-state index contributed by atoms with van der Waals surface area (Å²) in [5, 5.41) is 9.93. The average Bonchev–Trinajstić information content (AvgIpc) is 3.36. The largest absolute Gasteiger partial charge is 0.478 e. The number of aromatic nitrogens is 1. The Hall–Kier alpha value is -5.23. The molecule has 6 aromatic rings. The Morgan fingerprint density at radius 1 is 0.844 bits per heavy atom. The van der Waals surface area contributed by atoms with Crippen LogP contribution in [0.1, 0.15) is 21.5 Å². The van der Waals surface area contributed by atoms with E-state index in [1.165, 1.54) is 46.4 Å². The first-order valence-electron chi connectivity index (χ1n) is 13.8. The molecular formula is C36H24ClFN2O4S. The van der Waals surface area contributed by atoms with Crippen LogP contribution >= 0.6 is 11.6 Å². The summed E-state index contributed by atoms with van der Waals surface area (Å²) >= 11 is 6.53. The lowest BCUT2D eigenvalue weighted by molar-refractivity contribution is 0.0697. The maximum Gasteiger partial charge on any atom is 0.335 e. The Morgan fingerprint density at radius 3 is 2.22 bits per heavy atom. The van der Waals surface area contributed by atoms with Crippen LogP contribution < -0.4 is 0 Å². The summed E-state index contributed by atoms with van der Waals surface area (Å²) in [7, 11) is -4.26. The fraction of sp³-hybridized carbons (Fsp3) is 0.0556. The Balaban J connectivity index is 1.74. The molecule has 0 amide bonds. The normalized spacial score (nSPS) is 11.4. The van der Waals surface area contributed by atoms with Gasteiger partial charge < -0.3 is 5.11 Å². The molecule has 222 valence electrons. The summed E-state index contributed by atoms with van der Waals surface area (Å²) in [6, 6.07) is 27.1. The molecule has 0 bridgehead atoms. The van der Waals surface area contributed by atoms with E-state index in [1.807, 2.05) is 19.9 Å². The highest BCUT2D eigenvalue weighted by atomic mass is 35.5. The van der Waals surface area contributed by atoms with Crippen molar-refractivity contribution in [3.8, 4) is 33.5 Å². The molecular weight excluding hydrogens is 611 g/mol. The lowest BCUT2D eigenvalue weighted by Crippen LogP contribution is -2.14. The van der Waals surface area contributed by atoms with Gasteiger partial charge in [-0.05, 0) is 73.5 Å². The number of aromatic carboxylic acids is 1. The SMILES string of the molecule is [C-]#[N+]c1cc(C)ccc1-c1c(-c2cccc(-c3ccc(C(=O)O)cc3Cl)c2)n(S(=O)(=O)c2ccc(C)cc2)c2ccc(F)cc12. The molecule has 0 aliphatic rings. The lowest BCUT2D eigenvalue weighted by atomic mass is 9.94. The second-order valence-corrected chi connectivity index (χ2v) is 12.9. The highest BCUT2D eigenvalue weighted by molar-refractivity contribution is 7.90. The van der Waals surface area contributed by atoms with Crippen molar-refractivity contribution < 1.29 is 22.7 Å². The van der Waals surface area contributed by atoms with Gasteiger partial charge in [0.05, 0.1) is 28.2 Å². The fourth-order valence-electron chi connectivity index (χ4n) is 5.50. The zero-order valence-electron chi connectivity index (χ0n) is 24.0. The van der Waals surface area contributed by atoms with Crippen molar-refractivity contribution in [1.82, 2.24) is 3.97 Å². The number of hydrogen-bond acceptors (Lipinski definition) is 3. The van der Waals surface area contributed by atoms with E-state index in [0.29, 0.717) is 33.2 Å². The molecule has 45 heavy (non-hydrogen) atoms. The van der Waals surface area contributed by atoms with Crippen LogP contribution in [0.2, 0.25) is 5.02 Å². The second-order valence-electron chi connectivity index (χ2n) is 10.7. The summed E-state index contributed by atoms with van der Waals surface area (Å²) in [5.41, 5.74) is 4.97. The highest BCUT2D eigenvalue weighted by Crippen LogP contribution is 2.47. The van der Waals surface area contributed by atoms with Crippen LogP contribution in [0.15, 0.2) is 108 Å². The van der Waals surface area contributed by atoms with E-state index in [-0.39, 0.29) is 32.4 Å². The number of rotatable bonds is 6. The van der Waals surface area contributed by atoms with Crippen molar-refractivity contribution in [2.75, 3.05) is 0 Å². The zero-order valence-corrected chi connectivity index (χ0v) is 25.6. The molecule has 0 aliphatic carbocycles. The Morgan fingerprint density at radius 2 is 1.53 bits per heavy atom. The van der Waals surface area contributed by atoms with E-state index in [2.05, 4.69) is 4.85 Å². The Bertz CT molecular complexity index is 2320. The quantitative estimate of drug-likeness (QED) is 0.185. The van der Waals surface area contributed by atoms with Crippen LogP contribution in [0.25, 0.3) is 49.3 Å². The number of carboxylic acid groups (broad SMARTS) is 1. The van der Waals surface area contributed by atoms with Gasteiger partial charge in [-0.15, -0.1) is 0 Å². The Kier molecular flexibility index (Phi) is 7.53. The van der Waals surface area contributed by atoms with Crippen molar-refractivity contribution >= 4 is 44.2 Å². The summed E-state index contributed by atoms with van der Waals surface area (Å²) in [4.78, 5) is 15.3. The van der Waals surface area contributed by atoms with E-state index in [0.717, 1.165) is 11.1 Å². The molecule has 0 atom stereocenters. The number of benzene rings is 5. The van der Waals surface area contributed by atoms with Gasteiger partial charge in [-0.1, -0.05) is 77.3 Å². The molecule has 9 heteroatoms. The first kappa shape index (κ1) is 29.8. The Labute approximate surface area is 264 Å². The number of nitrogens with zero attached hydrogens (tertiary/aromatic N) is 2. The summed E-state index contributed by atoms with van der Waals surface area (Å²) in [5.74, 6) is -1.68. The van der Waals surface area contributed by atoms with Crippen molar-refractivity contribution in [2.24, 2.45) is 0 Å². The number of carbonyl (C=O) groups is 1. The molecule has 1 N–H and O–H groups in total. The maximum atomic E-state index is 14.9. The summed E-state index contributed by atoms with van der Waals surface area (Å²) in [6.45, 7) is 11.6. The van der Waals surface area contributed by atoms with Crippen molar-refractivity contribution in [1.29, 1.82) is 0 Å². The minimum absolute atomic E-state index is 0.0274. The van der Waals surface area contributed by atoms with Gasteiger partial charge in [0.2, 0.25) is 0 Å². The van der Waals surface area contributed by atoms with Crippen molar-refractivity contribution in [3.05, 3.63) is 142 Å².